The summed E-state index contributed by atoms with van der Waals surface area (Å²) in [6.07, 6.45) is 3.95. The van der Waals surface area contributed by atoms with Crippen LogP contribution in [-0.4, -0.2) is 49.6 Å². The number of nitrogens with two attached hydrogens (primary N) is 1. The van der Waals surface area contributed by atoms with Gasteiger partial charge in [0, 0.05) is 24.7 Å². The highest BCUT2D eigenvalue weighted by Crippen LogP contribution is 2.38. The van der Waals surface area contributed by atoms with Gasteiger partial charge in [0.05, 0.1) is 0 Å². The van der Waals surface area contributed by atoms with E-state index in [1.807, 2.05) is 0 Å². The van der Waals surface area contributed by atoms with Crippen LogP contribution in [0.3, 0.4) is 0 Å². The maximum Gasteiger partial charge on any atom is 0.0470 e. The maximum atomic E-state index is 6.07. The molecule has 20 heavy (non-hydrogen) atoms. The molecule has 1 fully saturated rings. The van der Waals surface area contributed by atoms with Crippen molar-refractivity contribution in [3.63, 3.8) is 0 Å². The van der Waals surface area contributed by atoms with Crippen LogP contribution in [0.15, 0.2) is 24.3 Å². The van der Waals surface area contributed by atoms with E-state index in [1.54, 1.807) is 0 Å². The van der Waals surface area contributed by atoms with Gasteiger partial charge in [-0.2, -0.15) is 0 Å². The quantitative estimate of drug-likeness (QED) is 0.865. The normalized spacial score (nSPS) is 19.1. The number of hydrogen-bond acceptors (Lipinski definition) is 3. The zero-order valence-corrected chi connectivity index (χ0v) is 13.4. The van der Waals surface area contributed by atoms with E-state index < -0.39 is 0 Å². The van der Waals surface area contributed by atoms with Crippen LogP contribution >= 0.6 is 0 Å². The van der Waals surface area contributed by atoms with E-state index in [9.17, 15) is 0 Å². The molecule has 0 heterocycles. The van der Waals surface area contributed by atoms with E-state index in [4.69, 9.17) is 5.73 Å². The standard InChI is InChI=1S/C17H29N3/c1-14-8-5-6-9-15(14)16(12-18)20(4)13-17(19(2)3)10-7-11-17/h5-6,8-9,16H,7,10-13,18H2,1-4H3. The molecule has 1 unspecified atom stereocenters. The van der Waals surface area contributed by atoms with Crippen molar-refractivity contribution in [2.24, 2.45) is 5.73 Å². The first kappa shape index (κ1) is 15.5. The van der Waals surface area contributed by atoms with Crippen LogP contribution in [0.25, 0.3) is 0 Å². The number of rotatable bonds is 6. The molecule has 3 heteroatoms. The van der Waals surface area contributed by atoms with Gasteiger partial charge >= 0.3 is 0 Å². The molecule has 1 aromatic rings. The third kappa shape index (κ3) is 2.90. The Labute approximate surface area is 123 Å². The minimum absolute atomic E-state index is 0.314. The Morgan fingerprint density at radius 2 is 1.85 bits per heavy atom. The fourth-order valence-electron chi connectivity index (χ4n) is 3.41. The average Bonchev–Trinajstić information content (AvgIpc) is 2.36. The van der Waals surface area contributed by atoms with Crippen LogP contribution < -0.4 is 5.73 Å². The van der Waals surface area contributed by atoms with Crippen molar-refractivity contribution in [1.82, 2.24) is 9.80 Å². The fraction of sp³-hybridized carbons (Fsp3) is 0.647. The Balaban J connectivity index is 2.14. The van der Waals surface area contributed by atoms with Gasteiger partial charge in [-0.15, -0.1) is 0 Å². The molecule has 0 aliphatic heterocycles. The van der Waals surface area contributed by atoms with Gasteiger partial charge in [0.15, 0.2) is 0 Å². The molecular formula is C17H29N3. The van der Waals surface area contributed by atoms with Crippen LogP contribution in [0.1, 0.15) is 36.4 Å². The Morgan fingerprint density at radius 1 is 1.20 bits per heavy atom. The topological polar surface area (TPSA) is 32.5 Å². The van der Waals surface area contributed by atoms with Crippen molar-refractivity contribution in [1.29, 1.82) is 0 Å². The summed E-state index contributed by atoms with van der Waals surface area (Å²) in [4.78, 5) is 4.85. The molecule has 2 rings (SSSR count). The number of hydrogen-bond donors (Lipinski definition) is 1. The first-order valence-electron chi connectivity index (χ1n) is 7.63. The van der Waals surface area contributed by atoms with Gasteiger partial charge in [-0.05, 0) is 58.5 Å². The number of likely N-dealkylation sites (N-methyl/N-ethyl adjacent to an activating group) is 2. The molecule has 0 radical (unpaired) electrons. The van der Waals surface area contributed by atoms with Crippen molar-refractivity contribution in [2.75, 3.05) is 34.2 Å². The maximum absolute atomic E-state index is 6.07. The van der Waals surface area contributed by atoms with Crippen molar-refractivity contribution in [3.8, 4) is 0 Å². The summed E-state index contributed by atoms with van der Waals surface area (Å²) in [5.74, 6) is 0. The molecule has 1 aromatic carbocycles. The molecule has 1 aliphatic rings. The molecule has 1 aliphatic carbocycles. The minimum Gasteiger partial charge on any atom is -0.329 e. The summed E-state index contributed by atoms with van der Waals surface area (Å²) in [5, 5.41) is 0. The van der Waals surface area contributed by atoms with E-state index in [0.29, 0.717) is 18.1 Å². The molecule has 112 valence electrons. The second-order valence-corrected chi connectivity index (χ2v) is 6.50. The second-order valence-electron chi connectivity index (χ2n) is 6.50. The summed E-state index contributed by atoms with van der Waals surface area (Å²) in [5.41, 5.74) is 9.13. The summed E-state index contributed by atoms with van der Waals surface area (Å²) in [7, 11) is 6.63. The Hall–Kier alpha value is -0.900. The molecule has 1 saturated carbocycles. The van der Waals surface area contributed by atoms with Crippen LogP contribution in [0.4, 0.5) is 0 Å². The van der Waals surface area contributed by atoms with E-state index >= 15 is 0 Å². The van der Waals surface area contributed by atoms with Gasteiger partial charge < -0.3 is 10.6 Å². The lowest BCUT2D eigenvalue weighted by Crippen LogP contribution is -2.57. The van der Waals surface area contributed by atoms with E-state index in [-0.39, 0.29) is 0 Å². The summed E-state index contributed by atoms with van der Waals surface area (Å²) >= 11 is 0. The second kappa shape index (κ2) is 6.25. The Bertz CT molecular complexity index is 438. The van der Waals surface area contributed by atoms with E-state index in [1.165, 1.54) is 30.4 Å². The van der Waals surface area contributed by atoms with Gasteiger partial charge in [0.1, 0.15) is 0 Å². The predicted molar refractivity (Wildman–Crippen MR) is 85.9 cm³/mol. The first-order valence-corrected chi connectivity index (χ1v) is 7.63. The fourth-order valence-corrected chi connectivity index (χ4v) is 3.41. The van der Waals surface area contributed by atoms with Gasteiger partial charge in [-0.25, -0.2) is 0 Å². The van der Waals surface area contributed by atoms with Gasteiger partial charge in [0.25, 0.3) is 0 Å². The highest BCUT2D eigenvalue weighted by atomic mass is 15.2. The van der Waals surface area contributed by atoms with Crippen LogP contribution in [0.2, 0.25) is 0 Å². The molecule has 1 atom stereocenters. The number of aryl methyl sites for hydroxylation is 1. The van der Waals surface area contributed by atoms with Crippen molar-refractivity contribution >= 4 is 0 Å². The van der Waals surface area contributed by atoms with Gasteiger partial charge in [0.2, 0.25) is 0 Å². The summed E-state index contributed by atoms with van der Waals surface area (Å²) in [6, 6.07) is 8.92. The van der Waals surface area contributed by atoms with Crippen LogP contribution in [0, 0.1) is 6.92 Å². The molecule has 2 N–H and O–H groups in total. The molecule has 3 nitrogen and oxygen atoms in total. The lowest BCUT2D eigenvalue weighted by molar-refractivity contribution is 0.0167. The highest BCUT2D eigenvalue weighted by Gasteiger charge is 2.40. The van der Waals surface area contributed by atoms with Gasteiger partial charge in [-0.3, -0.25) is 4.90 Å². The van der Waals surface area contributed by atoms with Gasteiger partial charge in [-0.1, -0.05) is 24.3 Å². The van der Waals surface area contributed by atoms with Crippen LogP contribution in [-0.2, 0) is 0 Å². The van der Waals surface area contributed by atoms with E-state index in [2.05, 4.69) is 62.1 Å². The number of benzene rings is 1. The number of nitrogens with zero attached hydrogens (tertiary/aromatic N) is 2. The zero-order chi connectivity index (χ0) is 14.8. The SMILES string of the molecule is Cc1ccccc1C(CN)N(C)CC1(N(C)C)CCC1. The lowest BCUT2D eigenvalue weighted by atomic mass is 9.75. The molecule has 0 amide bonds. The zero-order valence-electron chi connectivity index (χ0n) is 13.4. The van der Waals surface area contributed by atoms with Crippen molar-refractivity contribution in [2.45, 2.75) is 37.8 Å². The Kier molecular flexibility index (Phi) is 4.84. The molecule has 0 saturated heterocycles. The molecular weight excluding hydrogens is 246 g/mol. The molecule has 0 aromatic heterocycles. The molecule has 0 spiro atoms. The monoisotopic (exact) mass is 275 g/mol. The van der Waals surface area contributed by atoms with Crippen LogP contribution in [0.5, 0.6) is 0 Å². The first-order chi connectivity index (χ1) is 9.50. The Morgan fingerprint density at radius 3 is 2.30 bits per heavy atom. The van der Waals surface area contributed by atoms with Crippen molar-refractivity contribution in [3.05, 3.63) is 35.4 Å². The summed E-state index contributed by atoms with van der Waals surface area (Å²) in [6.45, 7) is 3.94. The third-order valence-corrected chi connectivity index (χ3v) is 5.08. The van der Waals surface area contributed by atoms with Crippen molar-refractivity contribution < 1.29 is 0 Å². The van der Waals surface area contributed by atoms with E-state index in [0.717, 1.165) is 6.54 Å². The minimum atomic E-state index is 0.314. The molecule has 0 bridgehead atoms. The third-order valence-electron chi connectivity index (χ3n) is 5.08. The predicted octanol–water partition coefficient (Wildman–Crippen LogP) is 2.41. The highest BCUT2D eigenvalue weighted by molar-refractivity contribution is 5.29. The summed E-state index contributed by atoms with van der Waals surface area (Å²) < 4.78 is 0. The lowest BCUT2D eigenvalue weighted by Gasteiger charge is -2.50. The largest absolute Gasteiger partial charge is 0.329 e. The average molecular weight is 275 g/mol. The smallest absolute Gasteiger partial charge is 0.0470 e.